The van der Waals surface area contributed by atoms with Crippen LogP contribution in [0.15, 0.2) is 36.4 Å². The number of nitrogens with one attached hydrogen (secondary N) is 1. The largest absolute Gasteiger partial charge is 0.378 e. The van der Waals surface area contributed by atoms with Gasteiger partial charge in [-0.05, 0) is 31.4 Å². The molecular formula is C17H22N2O2. The fourth-order valence-electron chi connectivity index (χ4n) is 2.92. The lowest BCUT2D eigenvalue weighted by molar-refractivity contribution is 0.0940. The van der Waals surface area contributed by atoms with Crippen LogP contribution in [0, 0.1) is 0 Å². The number of para-hydroxylation sites is 1. The molecule has 0 bridgehead atoms. The molecule has 0 spiro atoms. The van der Waals surface area contributed by atoms with Crippen molar-refractivity contribution >= 4 is 11.6 Å². The van der Waals surface area contributed by atoms with E-state index in [2.05, 4.69) is 22.4 Å². The van der Waals surface area contributed by atoms with E-state index in [-0.39, 0.29) is 11.9 Å². The van der Waals surface area contributed by atoms with E-state index in [4.69, 9.17) is 4.74 Å². The maximum absolute atomic E-state index is 12.6. The highest BCUT2D eigenvalue weighted by Gasteiger charge is 2.20. The summed E-state index contributed by atoms with van der Waals surface area (Å²) in [5, 5.41) is 3.13. The van der Waals surface area contributed by atoms with Gasteiger partial charge in [-0.3, -0.25) is 4.79 Å². The van der Waals surface area contributed by atoms with Crippen molar-refractivity contribution in [1.29, 1.82) is 0 Å². The van der Waals surface area contributed by atoms with Crippen molar-refractivity contribution < 1.29 is 9.53 Å². The second kappa shape index (κ2) is 6.76. The summed E-state index contributed by atoms with van der Waals surface area (Å²) in [6.07, 6.45) is 7.56. The number of morpholine rings is 1. The maximum atomic E-state index is 12.6. The van der Waals surface area contributed by atoms with Gasteiger partial charge in [-0.2, -0.15) is 0 Å². The first-order valence-electron chi connectivity index (χ1n) is 7.74. The summed E-state index contributed by atoms with van der Waals surface area (Å²) in [5.41, 5.74) is 1.77. The maximum Gasteiger partial charge on any atom is 0.253 e. The smallest absolute Gasteiger partial charge is 0.253 e. The number of allylic oxidation sites excluding steroid dienone is 1. The van der Waals surface area contributed by atoms with Crippen molar-refractivity contribution in [3.8, 4) is 0 Å². The van der Waals surface area contributed by atoms with E-state index in [1.165, 1.54) is 0 Å². The number of carbonyl (C=O) groups is 1. The lowest BCUT2D eigenvalue weighted by atomic mass is 10.0. The quantitative estimate of drug-likeness (QED) is 0.867. The average molecular weight is 286 g/mol. The third-order valence-corrected chi connectivity index (χ3v) is 4.07. The first kappa shape index (κ1) is 14.1. The molecule has 0 aromatic heterocycles. The fraction of sp³-hybridized carbons (Fsp3) is 0.471. The number of ether oxygens (including phenoxy) is 1. The molecule has 4 heteroatoms. The van der Waals surface area contributed by atoms with Crippen molar-refractivity contribution in [1.82, 2.24) is 5.32 Å². The zero-order valence-corrected chi connectivity index (χ0v) is 12.3. The van der Waals surface area contributed by atoms with Crippen molar-refractivity contribution in [3.63, 3.8) is 0 Å². The average Bonchev–Trinajstić information content (AvgIpc) is 2.56. The van der Waals surface area contributed by atoms with E-state index in [0.717, 1.165) is 56.8 Å². The molecule has 1 heterocycles. The number of nitrogens with zero attached hydrogens (tertiary/aromatic N) is 1. The van der Waals surface area contributed by atoms with Crippen LogP contribution in [0.4, 0.5) is 5.69 Å². The molecular weight excluding hydrogens is 264 g/mol. The Hall–Kier alpha value is -1.81. The Kier molecular flexibility index (Phi) is 4.55. The van der Waals surface area contributed by atoms with Gasteiger partial charge in [0.2, 0.25) is 0 Å². The Balaban J connectivity index is 1.75. The topological polar surface area (TPSA) is 41.6 Å². The molecule has 1 atom stereocenters. The SMILES string of the molecule is O=C(NC1C=CCCC1)c1ccccc1N1CCOCC1. The minimum Gasteiger partial charge on any atom is -0.378 e. The molecule has 1 N–H and O–H groups in total. The van der Waals surface area contributed by atoms with Crippen LogP contribution < -0.4 is 10.2 Å². The fourth-order valence-corrected chi connectivity index (χ4v) is 2.92. The van der Waals surface area contributed by atoms with Crippen molar-refractivity contribution in [3.05, 3.63) is 42.0 Å². The lowest BCUT2D eigenvalue weighted by Crippen LogP contribution is -2.39. The van der Waals surface area contributed by atoms with E-state index in [9.17, 15) is 4.79 Å². The van der Waals surface area contributed by atoms with Crippen LogP contribution in [0.5, 0.6) is 0 Å². The number of rotatable bonds is 3. The molecule has 4 nitrogen and oxygen atoms in total. The van der Waals surface area contributed by atoms with Gasteiger partial charge in [-0.1, -0.05) is 24.3 Å². The van der Waals surface area contributed by atoms with Gasteiger partial charge in [0.1, 0.15) is 0 Å². The van der Waals surface area contributed by atoms with Gasteiger partial charge in [0.05, 0.1) is 18.8 Å². The highest BCUT2D eigenvalue weighted by atomic mass is 16.5. The van der Waals surface area contributed by atoms with Gasteiger partial charge in [0.15, 0.2) is 0 Å². The number of benzene rings is 1. The Morgan fingerprint density at radius 2 is 2.05 bits per heavy atom. The number of carbonyl (C=O) groups excluding carboxylic acids is 1. The number of hydrogen-bond acceptors (Lipinski definition) is 3. The van der Waals surface area contributed by atoms with E-state index in [0.29, 0.717) is 0 Å². The zero-order chi connectivity index (χ0) is 14.5. The summed E-state index contributed by atoms with van der Waals surface area (Å²) in [6, 6.07) is 8.02. The van der Waals surface area contributed by atoms with Crippen LogP contribution in [-0.2, 0) is 4.74 Å². The van der Waals surface area contributed by atoms with Gasteiger partial charge < -0.3 is 15.0 Å². The summed E-state index contributed by atoms with van der Waals surface area (Å²) < 4.78 is 5.39. The van der Waals surface area contributed by atoms with E-state index in [1.807, 2.05) is 24.3 Å². The summed E-state index contributed by atoms with van der Waals surface area (Å²) in [4.78, 5) is 14.8. The molecule has 1 aromatic carbocycles. The molecule has 1 unspecified atom stereocenters. The van der Waals surface area contributed by atoms with Gasteiger partial charge in [0.25, 0.3) is 5.91 Å². The molecule has 0 radical (unpaired) electrons. The second-order valence-electron chi connectivity index (χ2n) is 5.56. The summed E-state index contributed by atoms with van der Waals surface area (Å²) >= 11 is 0. The number of anilines is 1. The first-order chi connectivity index (χ1) is 10.3. The van der Waals surface area contributed by atoms with Gasteiger partial charge in [0, 0.05) is 24.8 Å². The third kappa shape index (κ3) is 3.45. The molecule has 2 aliphatic rings. The summed E-state index contributed by atoms with van der Waals surface area (Å²) in [6.45, 7) is 3.13. The molecule has 1 saturated heterocycles. The molecule has 1 aliphatic heterocycles. The third-order valence-electron chi connectivity index (χ3n) is 4.07. The molecule has 1 aromatic rings. The van der Waals surface area contributed by atoms with E-state index in [1.54, 1.807) is 0 Å². The molecule has 3 rings (SSSR count). The Morgan fingerprint density at radius 1 is 1.24 bits per heavy atom. The standard InChI is InChI=1S/C17H22N2O2/c20-17(18-14-6-2-1-3-7-14)15-8-4-5-9-16(15)19-10-12-21-13-11-19/h2,4-6,8-9,14H,1,3,7,10-13H2,(H,18,20). The minimum absolute atomic E-state index is 0.0219. The van der Waals surface area contributed by atoms with Crippen LogP contribution in [0.3, 0.4) is 0 Å². The van der Waals surface area contributed by atoms with Crippen molar-refractivity contribution in [2.75, 3.05) is 31.2 Å². The van der Waals surface area contributed by atoms with Crippen LogP contribution in [-0.4, -0.2) is 38.3 Å². The zero-order valence-electron chi connectivity index (χ0n) is 12.3. The van der Waals surface area contributed by atoms with E-state index < -0.39 is 0 Å². The van der Waals surface area contributed by atoms with Crippen LogP contribution in [0.1, 0.15) is 29.6 Å². The minimum atomic E-state index is 0.0219. The number of amides is 1. The molecule has 21 heavy (non-hydrogen) atoms. The first-order valence-corrected chi connectivity index (χ1v) is 7.74. The van der Waals surface area contributed by atoms with Crippen molar-refractivity contribution in [2.45, 2.75) is 25.3 Å². The predicted octanol–water partition coefficient (Wildman–Crippen LogP) is 2.36. The van der Waals surface area contributed by atoms with Crippen LogP contribution in [0.25, 0.3) is 0 Å². The number of hydrogen-bond donors (Lipinski definition) is 1. The van der Waals surface area contributed by atoms with Gasteiger partial charge >= 0.3 is 0 Å². The van der Waals surface area contributed by atoms with E-state index >= 15 is 0 Å². The Morgan fingerprint density at radius 3 is 2.81 bits per heavy atom. The molecule has 1 fully saturated rings. The Bertz CT molecular complexity index is 521. The molecule has 1 aliphatic carbocycles. The van der Waals surface area contributed by atoms with Crippen molar-refractivity contribution in [2.24, 2.45) is 0 Å². The van der Waals surface area contributed by atoms with Crippen LogP contribution in [0.2, 0.25) is 0 Å². The van der Waals surface area contributed by atoms with Gasteiger partial charge in [-0.15, -0.1) is 0 Å². The normalized spacial score (nSPS) is 22.1. The molecule has 0 saturated carbocycles. The monoisotopic (exact) mass is 286 g/mol. The molecule has 1 amide bonds. The highest BCUT2D eigenvalue weighted by molar-refractivity contribution is 6.00. The molecule has 112 valence electrons. The van der Waals surface area contributed by atoms with Crippen LogP contribution >= 0.6 is 0 Å². The summed E-state index contributed by atoms with van der Waals surface area (Å²) in [5.74, 6) is 0.0219. The predicted molar refractivity (Wildman–Crippen MR) is 83.7 cm³/mol. The Labute approximate surface area is 125 Å². The lowest BCUT2D eigenvalue weighted by Gasteiger charge is -2.30. The van der Waals surface area contributed by atoms with Gasteiger partial charge in [-0.25, -0.2) is 0 Å². The summed E-state index contributed by atoms with van der Waals surface area (Å²) in [7, 11) is 0. The highest BCUT2D eigenvalue weighted by Crippen LogP contribution is 2.22. The second-order valence-corrected chi connectivity index (χ2v) is 5.56.